The molecule has 5 unspecified atom stereocenters. The summed E-state index contributed by atoms with van der Waals surface area (Å²) in [5.41, 5.74) is 2.00. The number of ether oxygens (including phenoxy) is 3. The molecule has 6 nitrogen and oxygen atoms in total. The summed E-state index contributed by atoms with van der Waals surface area (Å²) >= 11 is 1.70. The Kier molecular flexibility index (Phi) is 9.39. The zero-order valence-corrected chi connectivity index (χ0v) is 26.1. The van der Waals surface area contributed by atoms with Crippen LogP contribution in [0, 0.1) is 17.8 Å². The van der Waals surface area contributed by atoms with E-state index in [1.54, 1.807) is 23.9 Å². The van der Waals surface area contributed by atoms with E-state index in [2.05, 4.69) is 31.2 Å². The predicted molar refractivity (Wildman–Crippen MR) is 169 cm³/mol. The molecule has 1 aliphatic carbocycles. The maximum absolute atomic E-state index is 13.5. The second-order valence-corrected chi connectivity index (χ2v) is 14.3. The third-order valence-corrected chi connectivity index (χ3v) is 10.5. The van der Waals surface area contributed by atoms with Crippen LogP contribution in [0.1, 0.15) is 18.1 Å². The molecule has 0 aromatic heterocycles. The molecule has 6 rings (SSSR count). The van der Waals surface area contributed by atoms with Crippen LogP contribution in [0.2, 0.25) is 0 Å². The fourth-order valence-corrected chi connectivity index (χ4v) is 8.45. The van der Waals surface area contributed by atoms with Crippen LogP contribution in [-0.4, -0.2) is 30.6 Å². The number of hydrogen-bond donors (Lipinski definition) is 0. The van der Waals surface area contributed by atoms with Gasteiger partial charge in [0.25, 0.3) is 0 Å². The zero-order chi connectivity index (χ0) is 29.7. The minimum Gasteiger partial charge on any atom is -0.425 e. The monoisotopic (exact) mass is 616 g/mol. The van der Waals surface area contributed by atoms with Crippen molar-refractivity contribution in [2.45, 2.75) is 42.4 Å². The number of para-hydroxylation sites is 1. The van der Waals surface area contributed by atoms with Crippen LogP contribution in [0.4, 0.5) is 0 Å². The Bertz CT molecular complexity index is 1490. The summed E-state index contributed by atoms with van der Waals surface area (Å²) in [6.45, 7) is 4.61. The molecule has 1 heterocycles. The second kappa shape index (κ2) is 13.4. The first-order valence-corrected chi connectivity index (χ1v) is 17.5. The van der Waals surface area contributed by atoms with Gasteiger partial charge < -0.3 is 18.7 Å². The van der Waals surface area contributed by atoms with E-state index in [1.165, 1.54) is 6.66 Å². The molecular weight excluding hydrogens is 579 g/mol. The van der Waals surface area contributed by atoms with Crippen LogP contribution in [-0.2, 0) is 36.5 Å². The lowest BCUT2D eigenvalue weighted by Crippen LogP contribution is -2.62. The Morgan fingerprint density at radius 1 is 0.791 bits per heavy atom. The summed E-state index contributed by atoms with van der Waals surface area (Å²) in [7, 11) is -3.46. The molecule has 4 aromatic rings. The minimum atomic E-state index is -3.46. The molecule has 0 bridgehead atoms. The van der Waals surface area contributed by atoms with Gasteiger partial charge in [-0.1, -0.05) is 116 Å². The van der Waals surface area contributed by atoms with Crippen LogP contribution in [0.15, 0.2) is 126 Å². The molecule has 43 heavy (non-hydrogen) atoms. The van der Waals surface area contributed by atoms with Gasteiger partial charge in [-0.15, -0.1) is 0 Å². The lowest BCUT2D eigenvalue weighted by molar-refractivity contribution is -0.377. The van der Waals surface area contributed by atoms with Gasteiger partial charge in [0.1, 0.15) is 11.2 Å². The highest BCUT2D eigenvalue weighted by Gasteiger charge is 2.71. The van der Waals surface area contributed by atoms with E-state index in [0.717, 1.165) is 16.0 Å². The normalized spacial score (nSPS) is 27.5. The largest absolute Gasteiger partial charge is 0.425 e. The van der Waals surface area contributed by atoms with Gasteiger partial charge in [-0.25, -0.2) is 4.57 Å². The lowest BCUT2D eigenvalue weighted by atomic mass is 9.88. The third-order valence-electron chi connectivity index (χ3n) is 8.15. The summed E-state index contributed by atoms with van der Waals surface area (Å²) in [6, 6.07) is 39.6. The van der Waals surface area contributed by atoms with Crippen LogP contribution in [0.5, 0.6) is 5.75 Å². The number of benzene rings is 4. The fraction of sp³-hybridized carbons (Fsp3) is 0.314. The summed E-state index contributed by atoms with van der Waals surface area (Å²) in [5, 5.41) is 0. The quantitative estimate of drug-likeness (QED) is 0.140. The van der Waals surface area contributed by atoms with E-state index in [4.69, 9.17) is 23.3 Å². The Morgan fingerprint density at radius 3 is 1.98 bits per heavy atom. The Morgan fingerprint density at radius 2 is 1.35 bits per heavy atom. The van der Waals surface area contributed by atoms with Gasteiger partial charge in [-0.2, -0.15) is 0 Å². The summed E-state index contributed by atoms with van der Waals surface area (Å²) in [6.07, 6.45) is -0.265. The first-order valence-electron chi connectivity index (χ1n) is 14.6. The van der Waals surface area contributed by atoms with Gasteiger partial charge in [0, 0.05) is 11.6 Å². The highest BCUT2D eigenvalue weighted by atomic mass is 32.2. The minimum absolute atomic E-state index is 0.0158. The second-order valence-electron chi connectivity index (χ2n) is 11.1. The van der Waals surface area contributed by atoms with Crippen molar-refractivity contribution in [1.29, 1.82) is 0 Å². The van der Waals surface area contributed by atoms with E-state index in [0.29, 0.717) is 19.0 Å². The highest BCUT2D eigenvalue weighted by Crippen LogP contribution is 2.63. The van der Waals surface area contributed by atoms with Gasteiger partial charge in [0.15, 0.2) is 5.79 Å². The molecule has 2 fully saturated rings. The van der Waals surface area contributed by atoms with Gasteiger partial charge >= 0.3 is 7.60 Å². The van der Waals surface area contributed by atoms with Gasteiger partial charge in [-0.05, 0) is 41.3 Å². The molecule has 0 N–H and O–H groups in total. The molecule has 0 amide bonds. The summed E-state index contributed by atoms with van der Waals surface area (Å²) in [4.78, 5) is 1.13. The highest BCUT2D eigenvalue weighted by molar-refractivity contribution is 7.99. The Balaban J connectivity index is 1.28. The average Bonchev–Trinajstić information content (AvgIpc) is 3.20. The van der Waals surface area contributed by atoms with Gasteiger partial charge in [-0.3, -0.25) is 4.52 Å². The fourth-order valence-electron chi connectivity index (χ4n) is 6.10. The number of thioether (sulfide) groups is 1. The summed E-state index contributed by atoms with van der Waals surface area (Å²) < 4.78 is 45.7. The molecular formula is C35H37O6PS. The van der Waals surface area contributed by atoms with Crippen molar-refractivity contribution >= 4 is 19.4 Å². The van der Waals surface area contributed by atoms with Crippen LogP contribution >= 0.6 is 19.4 Å². The molecule has 7 atom stereocenters. The van der Waals surface area contributed by atoms with Crippen molar-refractivity contribution in [2.75, 3.05) is 13.3 Å². The molecule has 2 aliphatic rings. The molecule has 1 saturated heterocycles. The van der Waals surface area contributed by atoms with Crippen LogP contribution < -0.4 is 4.52 Å². The molecule has 1 aliphatic heterocycles. The predicted octanol–water partition coefficient (Wildman–Crippen LogP) is 8.43. The van der Waals surface area contributed by atoms with Crippen molar-refractivity contribution in [3.8, 4) is 5.75 Å². The number of fused-ring (bicyclic) bond motifs is 1. The topological polar surface area (TPSA) is 63.2 Å². The van der Waals surface area contributed by atoms with E-state index in [1.807, 2.05) is 84.9 Å². The number of rotatable bonds is 13. The van der Waals surface area contributed by atoms with Gasteiger partial charge in [0.2, 0.25) is 0 Å². The van der Waals surface area contributed by atoms with Crippen LogP contribution in [0.25, 0.3) is 0 Å². The smallest absolute Gasteiger partial charge is 0.376 e. The van der Waals surface area contributed by atoms with E-state index >= 15 is 0 Å². The summed E-state index contributed by atoms with van der Waals surface area (Å²) in [5.74, 6) is -0.732. The van der Waals surface area contributed by atoms with Crippen molar-refractivity contribution in [3.63, 3.8) is 0 Å². The van der Waals surface area contributed by atoms with Crippen molar-refractivity contribution in [1.82, 2.24) is 0 Å². The van der Waals surface area contributed by atoms with Crippen molar-refractivity contribution in [3.05, 3.63) is 132 Å². The number of hydrogen-bond acceptors (Lipinski definition) is 7. The average molecular weight is 617 g/mol. The van der Waals surface area contributed by atoms with E-state index < -0.39 is 13.4 Å². The lowest BCUT2D eigenvalue weighted by Gasteiger charge is -2.53. The maximum atomic E-state index is 13.5. The first-order chi connectivity index (χ1) is 20.9. The van der Waals surface area contributed by atoms with Gasteiger partial charge in [0.05, 0.1) is 37.8 Å². The van der Waals surface area contributed by atoms with Crippen LogP contribution in [0.3, 0.4) is 0 Å². The van der Waals surface area contributed by atoms with Crippen molar-refractivity contribution in [2.24, 2.45) is 17.8 Å². The van der Waals surface area contributed by atoms with E-state index in [-0.39, 0.29) is 35.9 Å². The molecule has 0 spiro atoms. The zero-order valence-electron chi connectivity index (χ0n) is 24.4. The molecule has 4 aromatic carbocycles. The van der Waals surface area contributed by atoms with E-state index in [9.17, 15) is 4.57 Å². The maximum Gasteiger partial charge on any atom is 0.376 e. The molecule has 224 valence electrons. The van der Waals surface area contributed by atoms with Crippen molar-refractivity contribution < 1.29 is 27.8 Å². The third kappa shape index (κ3) is 6.93. The Hall–Kier alpha value is -2.90. The Labute approximate surface area is 258 Å². The molecule has 1 saturated carbocycles. The molecule has 8 heteroatoms. The molecule has 0 radical (unpaired) electrons. The first kappa shape index (κ1) is 30.1. The standard InChI is InChI=1S/C35H37O6PS/c1-26-32-34(43-30-21-13-6-14-22-30)40-35(32,38-24-28-17-9-4-10-18-28)31(33(26)37-23-27-15-7-3-8-16-27)25-39-42(2,36)41-29-19-11-5-12-20-29/h3-22,26,31-34H,23-25H2,1-2H3/t26?,31?,32?,33-,34+,35?,42?/m0/s1. The SMILES string of the molecule is CC1C2[C@@H](Sc3ccccc3)OC2(OCc2ccccc2)C(COP(C)(=O)Oc2ccccc2)[C@H]1OCc1ccccc1.